The number of hydrogen-bond acceptors (Lipinski definition) is 1. The second-order valence-corrected chi connectivity index (χ2v) is 5.68. The predicted molar refractivity (Wildman–Crippen MR) is 83.1 cm³/mol. The third kappa shape index (κ3) is 3.54. The number of hydrogen-bond donors (Lipinski definition) is 1. The Morgan fingerprint density at radius 2 is 1.71 bits per heavy atom. The van der Waals surface area contributed by atoms with Crippen LogP contribution in [-0.4, -0.2) is 7.05 Å². The molecule has 0 radical (unpaired) electrons. The predicted octanol–water partition coefficient (Wildman–Crippen LogP) is 5.08. The highest BCUT2D eigenvalue weighted by atomic mass is 35.5. The van der Waals surface area contributed by atoms with Crippen LogP contribution in [0.3, 0.4) is 0 Å². The summed E-state index contributed by atoms with van der Waals surface area (Å²) in [5.41, 5.74) is 1.53. The molecule has 0 saturated carbocycles. The van der Waals surface area contributed by atoms with E-state index in [1.165, 1.54) is 6.07 Å². The Labute approximate surface area is 132 Å². The van der Waals surface area contributed by atoms with Gasteiger partial charge in [0, 0.05) is 27.7 Å². The highest BCUT2D eigenvalue weighted by Crippen LogP contribution is 2.30. The SMILES string of the molecule is CNC(Cc1c(Cl)cccc1Cl)c1cc(C)c(F)cc1F. The van der Waals surface area contributed by atoms with Crippen molar-refractivity contribution in [3.05, 3.63) is 68.7 Å². The minimum atomic E-state index is -0.583. The van der Waals surface area contributed by atoms with Crippen molar-refractivity contribution >= 4 is 23.2 Å². The van der Waals surface area contributed by atoms with Crippen LogP contribution in [0.25, 0.3) is 0 Å². The van der Waals surface area contributed by atoms with Gasteiger partial charge in [-0.3, -0.25) is 0 Å². The van der Waals surface area contributed by atoms with Gasteiger partial charge in [0.1, 0.15) is 11.6 Å². The molecule has 1 N–H and O–H groups in total. The highest BCUT2D eigenvalue weighted by molar-refractivity contribution is 6.36. The molecule has 2 aromatic carbocycles. The number of rotatable bonds is 4. The molecule has 0 saturated heterocycles. The maximum atomic E-state index is 14.0. The Kier molecular flexibility index (Phi) is 5.20. The molecule has 0 bridgehead atoms. The molecule has 0 heterocycles. The van der Waals surface area contributed by atoms with Gasteiger partial charge in [0.05, 0.1) is 0 Å². The zero-order valence-corrected chi connectivity index (χ0v) is 13.2. The van der Waals surface area contributed by atoms with Gasteiger partial charge in [-0.15, -0.1) is 0 Å². The lowest BCUT2D eigenvalue weighted by molar-refractivity contribution is 0.519. The lowest BCUT2D eigenvalue weighted by Crippen LogP contribution is -2.21. The van der Waals surface area contributed by atoms with E-state index in [2.05, 4.69) is 5.32 Å². The molecule has 2 aromatic rings. The van der Waals surface area contributed by atoms with Gasteiger partial charge in [0.25, 0.3) is 0 Å². The first-order chi connectivity index (χ1) is 9.93. The smallest absolute Gasteiger partial charge is 0.130 e. The van der Waals surface area contributed by atoms with Gasteiger partial charge in [-0.05, 0) is 49.7 Å². The first-order valence-electron chi connectivity index (χ1n) is 6.49. The van der Waals surface area contributed by atoms with Crippen molar-refractivity contribution in [2.45, 2.75) is 19.4 Å². The Bertz CT molecular complexity index is 639. The van der Waals surface area contributed by atoms with Gasteiger partial charge in [-0.25, -0.2) is 8.78 Å². The highest BCUT2D eigenvalue weighted by Gasteiger charge is 2.19. The average Bonchev–Trinajstić information content (AvgIpc) is 2.43. The third-order valence-electron chi connectivity index (χ3n) is 3.47. The van der Waals surface area contributed by atoms with Crippen LogP contribution in [0.5, 0.6) is 0 Å². The van der Waals surface area contributed by atoms with E-state index >= 15 is 0 Å². The Hall–Kier alpha value is -1.16. The summed E-state index contributed by atoms with van der Waals surface area (Å²) in [4.78, 5) is 0. The van der Waals surface area contributed by atoms with Crippen LogP contribution in [0.4, 0.5) is 8.78 Å². The molecule has 0 fully saturated rings. The number of benzene rings is 2. The van der Waals surface area contributed by atoms with Crippen molar-refractivity contribution in [1.82, 2.24) is 5.32 Å². The standard InChI is InChI=1S/C16H15Cl2F2N/c1-9-6-11(15(20)8-14(9)19)16(21-2)7-10-12(17)4-3-5-13(10)18/h3-6,8,16,21H,7H2,1-2H3. The maximum absolute atomic E-state index is 14.0. The summed E-state index contributed by atoms with van der Waals surface area (Å²) in [5.74, 6) is -1.14. The van der Waals surface area contributed by atoms with Crippen LogP contribution in [0.2, 0.25) is 10.0 Å². The minimum Gasteiger partial charge on any atom is -0.313 e. The molecular formula is C16H15Cl2F2N. The van der Waals surface area contributed by atoms with E-state index in [0.717, 1.165) is 11.6 Å². The molecule has 0 aliphatic rings. The third-order valence-corrected chi connectivity index (χ3v) is 4.18. The van der Waals surface area contributed by atoms with E-state index < -0.39 is 11.6 Å². The van der Waals surface area contributed by atoms with Crippen LogP contribution in [-0.2, 0) is 6.42 Å². The molecule has 0 aromatic heterocycles. The van der Waals surface area contributed by atoms with Crippen LogP contribution in [0.1, 0.15) is 22.7 Å². The zero-order valence-electron chi connectivity index (χ0n) is 11.7. The van der Waals surface area contributed by atoms with Crippen molar-refractivity contribution in [3.63, 3.8) is 0 Å². The Morgan fingerprint density at radius 3 is 2.29 bits per heavy atom. The quantitative estimate of drug-likeness (QED) is 0.824. The summed E-state index contributed by atoms with van der Waals surface area (Å²) < 4.78 is 27.4. The first kappa shape index (κ1) is 16.2. The summed E-state index contributed by atoms with van der Waals surface area (Å²) in [6.07, 6.45) is 0.414. The molecule has 21 heavy (non-hydrogen) atoms. The van der Waals surface area contributed by atoms with Gasteiger partial charge in [0.15, 0.2) is 0 Å². The fraction of sp³-hybridized carbons (Fsp3) is 0.250. The molecule has 1 unspecified atom stereocenters. The molecular weight excluding hydrogens is 315 g/mol. The maximum Gasteiger partial charge on any atom is 0.130 e. The number of halogens is 4. The van der Waals surface area contributed by atoms with Gasteiger partial charge in [0.2, 0.25) is 0 Å². The molecule has 0 spiro atoms. The van der Waals surface area contributed by atoms with Crippen molar-refractivity contribution in [3.8, 4) is 0 Å². The molecule has 0 amide bonds. The summed E-state index contributed by atoms with van der Waals surface area (Å²) in [6, 6.07) is 7.30. The van der Waals surface area contributed by atoms with Crippen molar-refractivity contribution < 1.29 is 8.78 Å². The number of nitrogens with one attached hydrogen (secondary N) is 1. The molecule has 112 valence electrons. The Balaban J connectivity index is 2.39. The van der Waals surface area contributed by atoms with Gasteiger partial charge < -0.3 is 5.32 Å². The number of aryl methyl sites for hydroxylation is 1. The molecule has 5 heteroatoms. The van der Waals surface area contributed by atoms with Crippen LogP contribution in [0.15, 0.2) is 30.3 Å². The van der Waals surface area contributed by atoms with Crippen LogP contribution in [0, 0.1) is 18.6 Å². The molecule has 1 atom stereocenters. The van der Waals surface area contributed by atoms with E-state index in [4.69, 9.17) is 23.2 Å². The van der Waals surface area contributed by atoms with Crippen molar-refractivity contribution in [2.75, 3.05) is 7.05 Å². The molecule has 2 rings (SSSR count). The van der Waals surface area contributed by atoms with E-state index in [-0.39, 0.29) is 6.04 Å². The first-order valence-corrected chi connectivity index (χ1v) is 7.25. The van der Waals surface area contributed by atoms with E-state index in [1.54, 1.807) is 32.2 Å². The lowest BCUT2D eigenvalue weighted by atomic mass is 9.97. The summed E-state index contributed by atoms with van der Waals surface area (Å²) >= 11 is 12.3. The van der Waals surface area contributed by atoms with Crippen LogP contribution >= 0.6 is 23.2 Å². The number of likely N-dealkylation sites (N-methyl/N-ethyl adjacent to an activating group) is 1. The van der Waals surface area contributed by atoms with Crippen molar-refractivity contribution in [1.29, 1.82) is 0 Å². The average molecular weight is 330 g/mol. The van der Waals surface area contributed by atoms with E-state index in [0.29, 0.717) is 27.6 Å². The van der Waals surface area contributed by atoms with Gasteiger partial charge >= 0.3 is 0 Å². The zero-order chi connectivity index (χ0) is 15.6. The van der Waals surface area contributed by atoms with Crippen molar-refractivity contribution in [2.24, 2.45) is 0 Å². The van der Waals surface area contributed by atoms with E-state index in [1.807, 2.05) is 0 Å². The monoisotopic (exact) mass is 329 g/mol. The molecule has 1 nitrogen and oxygen atoms in total. The van der Waals surface area contributed by atoms with Gasteiger partial charge in [-0.1, -0.05) is 29.3 Å². The van der Waals surface area contributed by atoms with E-state index in [9.17, 15) is 8.78 Å². The second kappa shape index (κ2) is 6.73. The topological polar surface area (TPSA) is 12.0 Å². The fourth-order valence-corrected chi connectivity index (χ4v) is 2.80. The largest absolute Gasteiger partial charge is 0.313 e. The summed E-state index contributed by atoms with van der Waals surface area (Å²) in [6.45, 7) is 1.60. The molecule has 0 aliphatic heterocycles. The van der Waals surface area contributed by atoms with Gasteiger partial charge in [-0.2, -0.15) is 0 Å². The fourth-order valence-electron chi connectivity index (χ4n) is 2.25. The van der Waals surface area contributed by atoms with Crippen LogP contribution < -0.4 is 5.32 Å². The Morgan fingerprint density at radius 1 is 1.10 bits per heavy atom. The normalized spacial score (nSPS) is 12.5. The lowest BCUT2D eigenvalue weighted by Gasteiger charge is -2.19. The summed E-state index contributed by atoms with van der Waals surface area (Å²) in [7, 11) is 1.72. The second-order valence-electron chi connectivity index (χ2n) is 4.87. The minimum absolute atomic E-state index is 0.346. The summed E-state index contributed by atoms with van der Waals surface area (Å²) in [5, 5.41) is 4.09. The molecule has 0 aliphatic carbocycles.